The quantitative estimate of drug-likeness (QED) is 0.0314. The molecule has 4 aromatic carbocycles. The van der Waals surface area contributed by atoms with Crippen LogP contribution in [0.4, 0.5) is 35.9 Å². The third kappa shape index (κ3) is 31.6. The van der Waals surface area contributed by atoms with Crippen molar-refractivity contribution in [3.8, 4) is 22.3 Å². The number of halogens is 5. The average molecular weight is 2010 g/mol. The number of rotatable bonds is 26. The monoisotopic (exact) mass is 2010 g/mol. The van der Waals surface area contributed by atoms with E-state index >= 15 is 0 Å². The number of aliphatic carboxylic acids is 1. The van der Waals surface area contributed by atoms with Gasteiger partial charge in [0, 0.05) is 198 Å². The second kappa shape index (κ2) is 49.0. The number of carbonyl (C=O) groups excluding carboxylic acids is 4. The smallest absolute Gasteiger partial charge is 0.475 e. The number of carboxylic acids is 1. The highest BCUT2D eigenvalue weighted by atomic mass is 79.9. The highest BCUT2D eigenvalue weighted by molar-refractivity contribution is 9.10. The first-order valence-corrected chi connectivity index (χ1v) is 49.7. The maximum absolute atomic E-state index is 13.2. The molecule has 5 aliphatic rings. The minimum absolute atomic E-state index is 0. The number of fused-ring (bicyclic) bond motifs is 4. The van der Waals surface area contributed by atoms with E-state index in [1.54, 1.807) is 18.5 Å². The van der Waals surface area contributed by atoms with Crippen molar-refractivity contribution in [1.29, 1.82) is 0 Å². The lowest BCUT2D eigenvalue weighted by atomic mass is 9.78. The summed E-state index contributed by atoms with van der Waals surface area (Å²) in [5, 5.41) is 22.4. The number of benzene rings is 4. The van der Waals surface area contributed by atoms with Crippen LogP contribution in [0.15, 0.2) is 194 Å². The molecule has 0 unspecified atom stereocenters. The number of nitrogens with zero attached hydrogens (tertiary/aromatic N) is 11. The molecule has 38 heteroatoms. The molecule has 3 aromatic heterocycles. The zero-order valence-corrected chi connectivity index (χ0v) is 82.9. The van der Waals surface area contributed by atoms with Crippen molar-refractivity contribution in [3.63, 3.8) is 0 Å². The number of carbonyl (C=O) groups is 5. The second-order valence-electron chi connectivity index (χ2n) is 33.0. The number of hydrogen-bond donors (Lipinski definition) is 5. The maximum Gasteiger partial charge on any atom is 0.494 e. The largest absolute Gasteiger partial charge is 0.494 e. The van der Waals surface area contributed by atoms with Crippen LogP contribution in [-0.4, -0.2) is 194 Å². The Hall–Kier alpha value is -10.4. The first-order valence-electron chi connectivity index (χ1n) is 43.4. The van der Waals surface area contributed by atoms with E-state index in [9.17, 15) is 57.6 Å². The fourth-order valence-electron chi connectivity index (χ4n) is 14.2. The fourth-order valence-corrected chi connectivity index (χ4v) is 16.6. The molecule has 1 fully saturated rings. The zero-order valence-electron chi connectivity index (χ0n) is 77.3. The molecule has 712 valence electrons. The molecule has 29 nitrogen and oxygen atoms in total. The van der Waals surface area contributed by atoms with Gasteiger partial charge in [0.25, 0.3) is 0 Å². The van der Waals surface area contributed by atoms with Crippen molar-refractivity contribution in [2.45, 2.75) is 213 Å². The Bertz CT molecular complexity index is 5770. The molecule has 0 atom stereocenters. The number of sulfonamides is 3. The van der Waals surface area contributed by atoms with Crippen LogP contribution in [0.3, 0.4) is 0 Å². The van der Waals surface area contributed by atoms with E-state index in [0.29, 0.717) is 65.0 Å². The van der Waals surface area contributed by atoms with Crippen molar-refractivity contribution < 1.29 is 78.2 Å². The normalized spacial score (nSPS) is 14.7. The van der Waals surface area contributed by atoms with Gasteiger partial charge in [-0.3, -0.25) is 49.1 Å². The Labute approximate surface area is 791 Å². The van der Waals surface area contributed by atoms with Crippen molar-refractivity contribution >= 4 is 174 Å². The molecule has 8 heterocycles. The standard InChI is InChI=1S/C24H35BN2O3.C23H28N4O3S.C22H27N5O3S.C18H23BrN2O.C5H5BrN2O2S.C2HF3O2.H2/c1-8-12-27(13-9-2)22(28)19-14-17(3)26-21-16-20(11-10-18(21)15-19)25-29-23(4,5)24(6,7)30-25;1-4-8-27(9-5-2)23(28)19-10-16(3)26-22-13-17(6-7-18(22)11-19)20-12-21(15-25-14-20)31(24,29)30;1-3-7-27(8-4-2)22(28)17-9-16-6-5-15(11-20(16)26-21(23)12-17)18-10-19(14-25-13-18)31(24,29)30;1-4-8-21(9-5-2)18(22)15-10-13(3)20-17-12-16(19)7-6-14(17)11-15;6-4-1-5(3-8-2-4)11(7,9)10;3-2(4,5)1(6)7;/h10-11,15-16H,8-9,12-14H2,1-7H3;6-7,11-15H,4-5,8-10H2,1-3H3,(H2,24,29,30);5-6,9-11,13-14H,3-4,7-8,12H2,1-2H3,(H2,23,26)(H2,24,29,30);6-7,11-12H,4-5,8-10H2,1-3H3;1-3H,(H2,7,9,10);(H,6,7);1H. The van der Waals surface area contributed by atoms with Crippen LogP contribution in [0, 0.1) is 0 Å². The first-order chi connectivity index (χ1) is 62.0. The van der Waals surface area contributed by atoms with Gasteiger partial charge >= 0.3 is 19.3 Å². The number of nitrogens with two attached hydrogens (primary N) is 4. The predicted octanol–water partition coefficient (Wildman–Crippen LogP) is 17.6. The van der Waals surface area contributed by atoms with Crippen molar-refractivity contribution in [2.24, 2.45) is 41.1 Å². The summed E-state index contributed by atoms with van der Waals surface area (Å²) < 4.78 is 114. The summed E-state index contributed by atoms with van der Waals surface area (Å²) in [5.74, 6) is -2.11. The number of hydrogen-bond acceptors (Lipinski definition) is 21. The number of amidine groups is 1. The fraction of sp³-hybridized carbons (Fsp3) is 0.404. The Morgan fingerprint density at radius 1 is 0.417 bits per heavy atom. The highest BCUT2D eigenvalue weighted by Gasteiger charge is 2.52. The van der Waals surface area contributed by atoms with Gasteiger partial charge in [0.1, 0.15) is 20.5 Å². The molecule has 0 spiro atoms. The van der Waals surface area contributed by atoms with E-state index in [1.807, 2.05) is 145 Å². The number of pyridine rings is 3. The van der Waals surface area contributed by atoms with Gasteiger partial charge in [-0.15, -0.1) is 0 Å². The first kappa shape index (κ1) is 109. The Morgan fingerprint density at radius 3 is 1.02 bits per heavy atom. The molecule has 1 saturated heterocycles. The van der Waals surface area contributed by atoms with Gasteiger partial charge in [0.05, 0.1) is 34.0 Å². The molecule has 5 aliphatic heterocycles. The summed E-state index contributed by atoms with van der Waals surface area (Å²) in [6, 6.07) is 27.5. The van der Waals surface area contributed by atoms with E-state index in [4.69, 9.17) is 50.3 Å². The average Bonchev–Trinajstić information content (AvgIpc) is 1.62. The van der Waals surface area contributed by atoms with E-state index in [1.165, 1.54) is 43.0 Å². The summed E-state index contributed by atoms with van der Waals surface area (Å²) in [6.45, 7) is 36.8. The summed E-state index contributed by atoms with van der Waals surface area (Å²) in [6.07, 6.45) is 20.4. The number of aliphatic imine (C=N–C) groups is 4. The lowest BCUT2D eigenvalue weighted by Crippen LogP contribution is -2.41. The number of carboxylic acid groups (broad SMARTS) is 1. The lowest BCUT2D eigenvalue weighted by molar-refractivity contribution is -0.192. The summed E-state index contributed by atoms with van der Waals surface area (Å²) in [7, 11) is -11.7. The van der Waals surface area contributed by atoms with Crippen LogP contribution in [-0.2, 0) is 63.4 Å². The lowest BCUT2D eigenvalue weighted by Gasteiger charge is -2.32. The SMILES string of the molecule is CCCN(CCC)C(=O)C1=Cc2ccc(-c3cncc(S(N)(=O)=O)c3)cc2N=C(C)C1.CCCN(CCC)C(=O)C1=Cc2ccc(-c3cncc(S(N)(=O)=O)c3)cc2N=C(N)C1.CCCN(CCC)C(=O)C1=Cc2ccc(B3OC(C)(C)C(C)(C)O3)cc2N=C(C)C1.CCCN(CCC)C(=O)C1=Cc2ccc(Br)cc2N=C(C)C1.NS(=O)(=O)c1cncc(Br)c1.O=C(O)C(F)(F)F.[HH]. The van der Waals surface area contributed by atoms with Crippen molar-refractivity contribution in [1.82, 2.24) is 34.6 Å². The molecule has 0 bridgehead atoms. The Kier molecular flexibility index (Phi) is 40.3. The molecule has 132 heavy (non-hydrogen) atoms. The molecule has 0 radical (unpaired) electrons. The van der Waals surface area contributed by atoms with Gasteiger partial charge in [-0.1, -0.05) is 114 Å². The molecule has 9 N–H and O–H groups in total. The van der Waals surface area contributed by atoms with Crippen LogP contribution >= 0.6 is 31.9 Å². The number of primary sulfonamides is 3. The van der Waals surface area contributed by atoms with Crippen molar-refractivity contribution in [3.05, 3.63) is 182 Å². The van der Waals surface area contributed by atoms with Crippen LogP contribution in [0.25, 0.3) is 46.6 Å². The van der Waals surface area contributed by atoms with Crippen LogP contribution in [0.1, 0.15) is 205 Å². The number of alkyl halides is 3. The van der Waals surface area contributed by atoms with E-state index in [-0.39, 0.29) is 57.4 Å². The number of amides is 4. The second-order valence-corrected chi connectivity index (χ2v) is 39.5. The summed E-state index contributed by atoms with van der Waals surface area (Å²) in [5.41, 5.74) is 21.5. The van der Waals surface area contributed by atoms with Gasteiger partial charge in [0.2, 0.25) is 53.7 Å². The highest BCUT2D eigenvalue weighted by Crippen LogP contribution is 2.40. The minimum Gasteiger partial charge on any atom is -0.475 e. The molecule has 7 aromatic rings. The third-order valence-corrected chi connectivity index (χ3v) is 24.6. The van der Waals surface area contributed by atoms with Crippen LogP contribution in [0.2, 0.25) is 0 Å². The maximum atomic E-state index is 13.2. The van der Waals surface area contributed by atoms with E-state index in [0.717, 1.165) is 185 Å². The van der Waals surface area contributed by atoms with E-state index < -0.39 is 49.3 Å². The zero-order chi connectivity index (χ0) is 98.0. The molecule has 12 rings (SSSR count). The molecule has 0 aliphatic carbocycles. The number of aromatic nitrogens is 3. The molecule has 4 amide bonds. The Morgan fingerprint density at radius 2 is 0.705 bits per heavy atom. The third-order valence-electron chi connectivity index (χ3n) is 21.1. The van der Waals surface area contributed by atoms with Gasteiger partial charge in [-0.2, -0.15) is 13.2 Å². The molecular formula is C94H121BBr2F3N15O14S3. The van der Waals surface area contributed by atoms with Gasteiger partial charge in [0.15, 0.2) is 0 Å². The topological polar surface area (TPSA) is 432 Å². The van der Waals surface area contributed by atoms with E-state index in [2.05, 4.69) is 126 Å². The molecular weight excluding hydrogens is 1890 g/mol. The van der Waals surface area contributed by atoms with Crippen LogP contribution in [0.5, 0.6) is 0 Å². The Balaban J connectivity index is 0.000000257. The predicted molar refractivity (Wildman–Crippen MR) is 526 cm³/mol. The molecule has 0 saturated carbocycles. The van der Waals surface area contributed by atoms with Gasteiger partial charge < -0.3 is 39.7 Å². The van der Waals surface area contributed by atoms with Crippen molar-refractivity contribution in [2.75, 3.05) is 52.4 Å². The summed E-state index contributed by atoms with van der Waals surface area (Å²) in [4.78, 5) is 99.0. The minimum atomic E-state index is -5.08. The van der Waals surface area contributed by atoms with Gasteiger partial charge in [-0.05, 0) is 205 Å². The van der Waals surface area contributed by atoms with Gasteiger partial charge in [-0.25, -0.2) is 50.5 Å². The van der Waals surface area contributed by atoms with Crippen LogP contribution < -0.4 is 26.6 Å². The summed E-state index contributed by atoms with van der Waals surface area (Å²) >= 11 is 6.55.